The molecular formula is C28H33NO6. The van der Waals surface area contributed by atoms with Crippen LogP contribution in [0.15, 0.2) is 84.9 Å². The van der Waals surface area contributed by atoms with Gasteiger partial charge in [0.2, 0.25) is 0 Å². The molecule has 0 spiro atoms. The van der Waals surface area contributed by atoms with E-state index in [1.54, 1.807) is 24.3 Å². The Kier molecular flexibility index (Phi) is 10.3. The molecule has 7 nitrogen and oxygen atoms in total. The Morgan fingerprint density at radius 3 is 2.03 bits per heavy atom. The first-order valence-electron chi connectivity index (χ1n) is 11.6. The maximum atomic E-state index is 11.4. The third-order valence-corrected chi connectivity index (χ3v) is 5.81. The number of aliphatic hydroxyl groups excluding tert-OH is 1. The van der Waals surface area contributed by atoms with E-state index >= 15 is 0 Å². The Bertz CT molecular complexity index is 980. The Labute approximate surface area is 206 Å². The average molecular weight is 480 g/mol. The van der Waals surface area contributed by atoms with Crippen LogP contribution in [0.5, 0.6) is 5.75 Å². The molecule has 1 unspecified atom stereocenters. The second-order valence-electron chi connectivity index (χ2n) is 8.20. The lowest BCUT2D eigenvalue weighted by atomic mass is 9.97. The molecule has 0 bridgehead atoms. The molecular weight excluding hydrogens is 446 g/mol. The van der Waals surface area contributed by atoms with Crippen LogP contribution in [-0.4, -0.2) is 42.6 Å². The number of methoxy groups -OCH3 is 1. The van der Waals surface area contributed by atoms with Gasteiger partial charge in [-0.05, 0) is 30.0 Å². The second-order valence-corrected chi connectivity index (χ2v) is 8.20. The molecule has 0 radical (unpaired) electrons. The number of carboxylic acids is 1. The Morgan fingerprint density at radius 1 is 0.914 bits per heavy atom. The monoisotopic (exact) mass is 479 g/mol. The summed E-state index contributed by atoms with van der Waals surface area (Å²) >= 11 is 0. The van der Waals surface area contributed by atoms with E-state index in [0.29, 0.717) is 24.5 Å². The molecule has 1 heterocycles. The number of benzene rings is 3. The number of rotatable bonds is 8. The van der Waals surface area contributed by atoms with Gasteiger partial charge >= 0.3 is 5.97 Å². The van der Waals surface area contributed by atoms with Gasteiger partial charge in [-0.3, -0.25) is 0 Å². The van der Waals surface area contributed by atoms with E-state index < -0.39 is 18.2 Å². The topological polar surface area (TPSA) is 111 Å². The van der Waals surface area contributed by atoms with Crippen molar-refractivity contribution in [2.45, 2.75) is 37.2 Å². The summed E-state index contributed by atoms with van der Waals surface area (Å²) in [6.07, 6.45) is -0.305. The molecule has 3 atom stereocenters. The maximum absolute atomic E-state index is 11.4. The number of carbonyl (C=O) groups is 1. The highest BCUT2D eigenvalue weighted by Crippen LogP contribution is 2.30. The number of ether oxygens (including phenoxy) is 3. The van der Waals surface area contributed by atoms with Crippen LogP contribution in [0.2, 0.25) is 0 Å². The highest BCUT2D eigenvalue weighted by atomic mass is 16.5. The third kappa shape index (κ3) is 7.63. The van der Waals surface area contributed by atoms with Crippen LogP contribution in [0.25, 0.3) is 0 Å². The largest absolute Gasteiger partial charge is 0.496 e. The smallest absolute Gasteiger partial charge is 0.337 e. The predicted octanol–water partition coefficient (Wildman–Crippen LogP) is 4.44. The number of carboxylic acid groups (broad SMARTS) is 1. The van der Waals surface area contributed by atoms with Crippen LogP contribution in [-0.2, 0) is 14.3 Å². The molecule has 35 heavy (non-hydrogen) atoms. The van der Waals surface area contributed by atoms with Gasteiger partial charge in [-0.15, -0.1) is 0 Å². The van der Waals surface area contributed by atoms with Crippen molar-refractivity contribution in [1.29, 1.82) is 0 Å². The van der Waals surface area contributed by atoms with Crippen molar-refractivity contribution in [3.05, 3.63) is 102 Å². The zero-order valence-electron chi connectivity index (χ0n) is 19.8. The van der Waals surface area contributed by atoms with E-state index in [1.165, 1.54) is 7.11 Å². The fourth-order valence-electron chi connectivity index (χ4n) is 3.87. The predicted molar refractivity (Wildman–Crippen MR) is 133 cm³/mol. The molecule has 0 aliphatic carbocycles. The van der Waals surface area contributed by atoms with Crippen LogP contribution in [0.1, 0.15) is 47.8 Å². The molecule has 3 aromatic carbocycles. The molecule has 1 aliphatic heterocycles. The number of hydrogen-bond donors (Lipinski definition) is 3. The highest BCUT2D eigenvalue weighted by Gasteiger charge is 2.28. The van der Waals surface area contributed by atoms with Gasteiger partial charge in [0.1, 0.15) is 5.75 Å². The number of hydrogen-bond acceptors (Lipinski definition) is 6. The number of nitrogens with two attached hydrogens (primary N) is 1. The molecule has 1 saturated heterocycles. The van der Waals surface area contributed by atoms with Gasteiger partial charge in [-0.1, -0.05) is 78.9 Å². The molecule has 4 N–H and O–H groups in total. The molecule has 0 saturated carbocycles. The maximum Gasteiger partial charge on any atom is 0.337 e. The van der Waals surface area contributed by atoms with Gasteiger partial charge < -0.3 is 30.2 Å². The van der Waals surface area contributed by atoms with Crippen LogP contribution >= 0.6 is 0 Å². The second kappa shape index (κ2) is 13.6. The van der Waals surface area contributed by atoms with E-state index in [1.807, 2.05) is 60.7 Å². The summed E-state index contributed by atoms with van der Waals surface area (Å²) in [5.41, 5.74) is 8.36. The Hall–Kier alpha value is -3.23. The lowest BCUT2D eigenvalue weighted by Gasteiger charge is -2.26. The standard InChI is InChI=1S/C14H15NO.C14H18O5/c15-13(11-7-3-1-4-8-11)14(16)12-9-5-2-6-10-12;1-17-12-5-3-2-4-11(12)13(14(15)16)19-10-6-8-18-9-7-10/h1-10,13-14,16H,15H2;2-5,10,13H,6-9H2,1H3,(H,15,16)/t13-,14+;/m0./s1. The molecule has 3 aromatic rings. The third-order valence-electron chi connectivity index (χ3n) is 5.81. The minimum Gasteiger partial charge on any atom is -0.496 e. The lowest BCUT2D eigenvalue weighted by Crippen LogP contribution is -2.28. The fraction of sp³-hybridized carbons (Fsp3) is 0.321. The first kappa shape index (κ1) is 26.4. The van der Waals surface area contributed by atoms with Gasteiger partial charge in [0.05, 0.1) is 25.4 Å². The van der Waals surface area contributed by atoms with E-state index in [-0.39, 0.29) is 12.1 Å². The number of aliphatic carboxylic acids is 1. The van der Waals surface area contributed by atoms with Crippen molar-refractivity contribution in [2.75, 3.05) is 20.3 Å². The summed E-state index contributed by atoms with van der Waals surface area (Å²) < 4.78 is 16.2. The molecule has 1 fully saturated rings. The molecule has 0 amide bonds. The van der Waals surface area contributed by atoms with E-state index in [2.05, 4.69) is 0 Å². The summed E-state index contributed by atoms with van der Waals surface area (Å²) in [6.45, 7) is 1.23. The van der Waals surface area contributed by atoms with Crippen LogP contribution in [0.4, 0.5) is 0 Å². The van der Waals surface area contributed by atoms with Crippen LogP contribution in [0.3, 0.4) is 0 Å². The Balaban J connectivity index is 0.000000198. The summed E-state index contributed by atoms with van der Waals surface area (Å²) in [7, 11) is 1.52. The van der Waals surface area contributed by atoms with Crippen molar-refractivity contribution in [2.24, 2.45) is 5.73 Å². The average Bonchev–Trinajstić information content (AvgIpc) is 2.92. The van der Waals surface area contributed by atoms with Gasteiger partial charge in [0, 0.05) is 18.8 Å². The van der Waals surface area contributed by atoms with Gasteiger partial charge in [-0.25, -0.2) is 4.79 Å². The Morgan fingerprint density at radius 2 is 1.46 bits per heavy atom. The summed E-state index contributed by atoms with van der Waals surface area (Å²) in [4.78, 5) is 11.4. The quantitative estimate of drug-likeness (QED) is 0.438. The fourth-order valence-corrected chi connectivity index (χ4v) is 3.87. The van der Waals surface area contributed by atoms with Crippen LogP contribution < -0.4 is 10.5 Å². The number of aliphatic hydroxyl groups is 1. The van der Waals surface area contributed by atoms with E-state index in [4.69, 9.17) is 19.9 Å². The van der Waals surface area contributed by atoms with Gasteiger partial charge in [0.15, 0.2) is 6.10 Å². The summed E-state index contributed by atoms with van der Waals surface area (Å²) in [5, 5.41) is 19.5. The molecule has 186 valence electrons. The van der Waals surface area contributed by atoms with Crippen molar-refractivity contribution >= 4 is 5.97 Å². The minimum absolute atomic E-state index is 0.0836. The SMILES string of the molecule is COc1ccccc1C(OC1CCOCC1)C(=O)O.N[C@@H](c1ccccc1)[C@H](O)c1ccccc1. The zero-order valence-corrected chi connectivity index (χ0v) is 19.8. The van der Waals surface area contributed by atoms with Crippen molar-refractivity contribution in [3.63, 3.8) is 0 Å². The molecule has 4 rings (SSSR count). The summed E-state index contributed by atoms with van der Waals surface area (Å²) in [6, 6.07) is 25.8. The first-order chi connectivity index (χ1) is 17.0. The first-order valence-corrected chi connectivity index (χ1v) is 11.6. The van der Waals surface area contributed by atoms with E-state index in [0.717, 1.165) is 24.0 Å². The van der Waals surface area contributed by atoms with Crippen molar-refractivity contribution < 1.29 is 29.2 Å². The van der Waals surface area contributed by atoms with E-state index in [9.17, 15) is 15.0 Å². The lowest BCUT2D eigenvalue weighted by molar-refractivity contribution is -0.158. The van der Waals surface area contributed by atoms with Crippen molar-refractivity contribution in [3.8, 4) is 5.75 Å². The van der Waals surface area contributed by atoms with Gasteiger partial charge in [0.25, 0.3) is 0 Å². The minimum atomic E-state index is -1.00. The normalized spacial score (nSPS) is 16.3. The van der Waals surface area contributed by atoms with Crippen molar-refractivity contribution in [1.82, 2.24) is 0 Å². The molecule has 1 aliphatic rings. The zero-order chi connectivity index (χ0) is 25.0. The van der Waals surface area contributed by atoms with Crippen LogP contribution in [0, 0.1) is 0 Å². The summed E-state index contributed by atoms with van der Waals surface area (Å²) in [5.74, 6) is -0.474. The number of para-hydroxylation sites is 1. The van der Waals surface area contributed by atoms with Gasteiger partial charge in [-0.2, -0.15) is 0 Å². The highest BCUT2D eigenvalue weighted by molar-refractivity contribution is 5.75. The molecule has 7 heteroatoms. The molecule has 0 aromatic heterocycles.